The van der Waals surface area contributed by atoms with Crippen LogP contribution < -0.4 is 0 Å². The minimum Gasteiger partial charge on any atom is -0.481 e. The lowest BCUT2D eigenvalue weighted by atomic mass is 9.79. The van der Waals surface area contributed by atoms with Crippen molar-refractivity contribution in [1.29, 1.82) is 0 Å². The molecule has 2 aromatic heterocycles. The molecule has 1 fully saturated rings. The second-order valence-electron chi connectivity index (χ2n) is 5.28. The molecule has 0 bridgehead atoms. The molecule has 2 atom stereocenters. The van der Waals surface area contributed by atoms with Crippen molar-refractivity contribution in [1.82, 2.24) is 15.0 Å². The van der Waals surface area contributed by atoms with Crippen molar-refractivity contribution in [2.45, 2.75) is 38.5 Å². The molecule has 2 heterocycles. The smallest absolute Gasteiger partial charge is 0.307 e. The fourth-order valence-electron chi connectivity index (χ4n) is 2.98. The van der Waals surface area contributed by atoms with Crippen LogP contribution in [0.5, 0.6) is 0 Å². The van der Waals surface area contributed by atoms with Crippen molar-refractivity contribution >= 4 is 17.1 Å². The van der Waals surface area contributed by atoms with E-state index in [1.54, 1.807) is 6.20 Å². The van der Waals surface area contributed by atoms with Gasteiger partial charge in [-0.3, -0.25) is 4.79 Å². The standard InChI is InChI=1S/C14H17N3O2/c1-8-6-7-15-13-11(8)16-12(17-13)9-4-2-3-5-10(9)14(18)19/h6-7,9-10H,2-5H2,1H3,(H,18,19)(H,15,16,17). The van der Waals surface area contributed by atoms with Gasteiger partial charge in [-0.2, -0.15) is 0 Å². The number of H-pyrrole nitrogens is 1. The van der Waals surface area contributed by atoms with E-state index in [0.717, 1.165) is 42.6 Å². The first-order chi connectivity index (χ1) is 9.16. The summed E-state index contributed by atoms with van der Waals surface area (Å²) in [5.74, 6) is -0.270. The highest BCUT2D eigenvalue weighted by Gasteiger charge is 2.34. The Morgan fingerprint density at radius 3 is 2.95 bits per heavy atom. The molecule has 2 unspecified atom stereocenters. The number of hydrogen-bond acceptors (Lipinski definition) is 3. The number of aryl methyl sites for hydroxylation is 1. The topological polar surface area (TPSA) is 78.9 Å². The third kappa shape index (κ3) is 2.09. The quantitative estimate of drug-likeness (QED) is 0.869. The van der Waals surface area contributed by atoms with Gasteiger partial charge in [-0.05, 0) is 31.4 Å². The SMILES string of the molecule is Cc1ccnc2nc(C3CCCCC3C(=O)O)[nH]c12. The highest BCUT2D eigenvalue weighted by molar-refractivity contribution is 5.75. The lowest BCUT2D eigenvalue weighted by Crippen LogP contribution is -2.26. The Morgan fingerprint density at radius 2 is 2.21 bits per heavy atom. The maximum absolute atomic E-state index is 11.4. The van der Waals surface area contributed by atoms with Gasteiger partial charge in [0.2, 0.25) is 0 Å². The zero-order valence-corrected chi connectivity index (χ0v) is 10.9. The Kier molecular flexibility index (Phi) is 2.97. The van der Waals surface area contributed by atoms with Crippen LogP contribution in [0.25, 0.3) is 11.2 Å². The first-order valence-electron chi connectivity index (χ1n) is 6.71. The summed E-state index contributed by atoms with van der Waals surface area (Å²) in [5.41, 5.74) is 2.70. The summed E-state index contributed by atoms with van der Waals surface area (Å²) in [6.07, 6.45) is 5.42. The number of carboxylic acids is 1. The van der Waals surface area contributed by atoms with Gasteiger partial charge in [0.15, 0.2) is 5.65 Å². The number of aromatic nitrogens is 3. The van der Waals surface area contributed by atoms with Crippen molar-refractivity contribution < 1.29 is 9.90 Å². The van der Waals surface area contributed by atoms with Crippen LogP contribution in [0, 0.1) is 12.8 Å². The second-order valence-corrected chi connectivity index (χ2v) is 5.28. The third-order valence-electron chi connectivity index (χ3n) is 4.05. The summed E-state index contributed by atoms with van der Waals surface area (Å²) >= 11 is 0. The van der Waals surface area contributed by atoms with E-state index in [2.05, 4.69) is 15.0 Å². The van der Waals surface area contributed by atoms with E-state index in [-0.39, 0.29) is 11.8 Å². The van der Waals surface area contributed by atoms with Crippen LogP contribution >= 0.6 is 0 Å². The molecule has 1 aliphatic rings. The predicted octanol–water partition coefficient (Wildman–Crippen LogP) is 2.62. The average Bonchev–Trinajstić information content (AvgIpc) is 2.84. The van der Waals surface area contributed by atoms with E-state index in [1.807, 2.05) is 13.0 Å². The fraction of sp³-hybridized carbons (Fsp3) is 0.500. The average molecular weight is 259 g/mol. The van der Waals surface area contributed by atoms with Crippen molar-refractivity contribution in [3.8, 4) is 0 Å². The molecule has 1 saturated carbocycles. The maximum Gasteiger partial charge on any atom is 0.307 e. The Labute approximate surface area is 111 Å². The van der Waals surface area contributed by atoms with Gasteiger partial charge >= 0.3 is 5.97 Å². The van der Waals surface area contributed by atoms with Crippen molar-refractivity contribution in [2.75, 3.05) is 0 Å². The number of aromatic amines is 1. The molecule has 5 nitrogen and oxygen atoms in total. The van der Waals surface area contributed by atoms with Crippen LogP contribution in [0.15, 0.2) is 12.3 Å². The van der Waals surface area contributed by atoms with Gasteiger partial charge in [-0.15, -0.1) is 0 Å². The number of fused-ring (bicyclic) bond motifs is 1. The van der Waals surface area contributed by atoms with Crippen LogP contribution in [-0.4, -0.2) is 26.0 Å². The molecular weight excluding hydrogens is 242 g/mol. The highest BCUT2D eigenvalue weighted by Crippen LogP contribution is 2.37. The summed E-state index contributed by atoms with van der Waals surface area (Å²) in [6, 6.07) is 1.93. The first kappa shape index (κ1) is 12.1. The van der Waals surface area contributed by atoms with E-state index in [4.69, 9.17) is 0 Å². The number of nitrogens with zero attached hydrogens (tertiary/aromatic N) is 2. The zero-order valence-electron chi connectivity index (χ0n) is 10.9. The number of nitrogens with one attached hydrogen (secondary N) is 1. The van der Waals surface area contributed by atoms with Gasteiger partial charge in [-0.1, -0.05) is 12.8 Å². The summed E-state index contributed by atoms with van der Waals surface area (Å²) in [4.78, 5) is 23.4. The fourth-order valence-corrected chi connectivity index (χ4v) is 2.98. The van der Waals surface area contributed by atoms with Crippen LogP contribution in [0.4, 0.5) is 0 Å². The van der Waals surface area contributed by atoms with E-state index in [0.29, 0.717) is 5.65 Å². The van der Waals surface area contributed by atoms with E-state index in [9.17, 15) is 9.90 Å². The number of aliphatic carboxylic acids is 1. The number of carboxylic acid groups (broad SMARTS) is 1. The van der Waals surface area contributed by atoms with Gasteiger partial charge in [0.1, 0.15) is 5.82 Å². The summed E-state index contributed by atoms with van der Waals surface area (Å²) < 4.78 is 0. The van der Waals surface area contributed by atoms with E-state index < -0.39 is 5.97 Å². The van der Waals surface area contributed by atoms with Gasteiger partial charge in [0, 0.05) is 12.1 Å². The second kappa shape index (κ2) is 4.64. The monoisotopic (exact) mass is 259 g/mol. The summed E-state index contributed by atoms with van der Waals surface area (Å²) in [7, 11) is 0. The third-order valence-corrected chi connectivity index (χ3v) is 4.05. The molecule has 5 heteroatoms. The number of pyridine rings is 1. The molecule has 2 aromatic rings. The molecule has 1 aliphatic carbocycles. The largest absolute Gasteiger partial charge is 0.481 e. The van der Waals surface area contributed by atoms with Gasteiger partial charge in [0.05, 0.1) is 11.4 Å². The highest BCUT2D eigenvalue weighted by atomic mass is 16.4. The van der Waals surface area contributed by atoms with E-state index in [1.165, 1.54) is 0 Å². The molecule has 100 valence electrons. The molecule has 0 radical (unpaired) electrons. The predicted molar refractivity (Wildman–Crippen MR) is 71.0 cm³/mol. The molecule has 3 rings (SSSR count). The van der Waals surface area contributed by atoms with Crippen LogP contribution in [-0.2, 0) is 4.79 Å². The number of carbonyl (C=O) groups is 1. The number of hydrogen-bond donors (Lipinski definition) is 2. The van der Waals surface area contributed by atoms with Crippen LogP contribution in [0.2, 0.25) is 0 Å². The van der Waals surface area contributed by atoms with Gasteiger partial charge < -0.3 is 10.1 Å². The van der Waals surface area contributed by atoms with Crippen molar-refractivity contribution in [2.24, 2.45) is 5.92 Å². The molecule has 0 amide bonds. The minimum absolute atomic E-state index is 0.0140. The molecule has 2 N–H and O–H groups in total. The molecule has 19 heavy (non-hydrogen) atoms. The Hall–Kier alpha value is -1.91. The molecular formula is C14H17N3O2. The lowest BCUT2D eigenvalue weighted by molar-refractivity contribution is -0.143. The van der Waals surface area contributed by atoms with E-state index >= 15 is 0 Å². The van der Waals surface area contributed by atoms with Crippen LogP contribution in [0.3, 0.4) is 0 Å². The molecule has 0 spiro atoms. The van der Waals surface area contributed by atoms with Crippen LogP contribution in [0.1, 0.15) is 43.0 Å². The first-order valence-corrected chi connectivity index (χ1v) is 6.71. The minimum atomic E-state index is -0.713. The van der Waals surface area contributed by atoms with Gasteiger partial charge in [-0.25, -0.2) is 9.97 Å². The summed E-state index contributed by atoms with van der Waals surface area (Å²) in [5, 5.41) is 9.34. The Morgan fingerprint density at radius 1 is 1.42 bits per heavy atom. The molecule has 0 saturated heterocycles. The number of imidazole rings is 1. The van der Waals surface area contributed by atoms with Gasteiger partial charge in [0.25, 0.3) is 0 Å². The van der Waals surface area contributed by atoms with Crippen molar-refractivity contribution in [3.63, 3.8) is 0 Å². The Balaban J connectivity index is 2.02. The zero-order chi connectivity index (χ0) is 13.4. The molecule has 0 aromatic carbocycles. The normalized spacial score (nSPS) is 23.6. The number of rotatable bonds is 2. The Bertz CT molecular complexity index is 620. The lowest BCUT2D eigenvalue weighted by Gasteiger charge is -2.26. The molecule has 0 aliphatic heterocycles. The van der Waals surface area contributed by atoms with Crippen molar-refractivity contribution in [3.05, 3.63) is 23.7 Å². The maximum atomic E-state index is 11.4. The summed E-state index contributed by atoms with van der Waals surface area (Å²) in [6.45, 7) is 2.00.